The van der Waals surface area contributed by atoms with Gasteiger partial charge in [0.05, 0.1) is 0 Å². The molecule has 0 amide bonds. The van der Waals surface area contributed by atoms with Gasteiger partial charge in [0.25, 0.3) is 0 Å². The van der Waals surface area contributed by atoms with E-state index in [0.717, 1.165) is 17.0 Å². The summed E-state index contributed by atoms with van der Waals surface area (Å²) in [5.74, 6) is 0.723. The first-order chi connectivity index (χ1) is 9.95. The third-order valence-electron chi connectivity index (χ3n) is 4.37. The van der Waals surface area contributed by atoms with Gasteiger partial charge in [0, 0.05) is 0 Å². The Morgan fingerprint density at radius 2 is 1.62 bits per heavy atom. The Balaban J connectivity index is 1.84. The molecule has 0 radical (unpaired) electrons. The van der Waals surface area contributed by atoms with E-state index < -0.39 is 6.10 Å². The van der Waals surface area contributed by atoms with Crippen LogP contribution in [0.2, 0.25) is 0 Å². The smallest absolute Gasteiger partial charge is 0.104 e. The third kappa shape index (κ3) is 3.19. The van der Waals surface area contributed by atoms with Gasteiger partial charge in [0.15, 0.2) is 0 Å². The summed E-state index contributed by atoms with van der Waals surface area (Å²) in [6, 6.07) is 16.8. The maximum absolute atomic E-state index is 10.6. The molecule has 0 aliphatic heterocycles. The highest BCUT2D eigenvalue weighted by atomic mass is 16.3. The Hall–Kier alpha value is -1.60. The number of rotatable bonds is 3. The van der Waals surface area contributed by atoms with Crippen molar-refractivity contribution in [1.29, 1.82) is 0 Å². The van der Waals surface area contributed by atoms with Crippen LogP contribution in [0.25, 0.3) is 0 Å². The molecule has 1 fully saturated rings. The van der Waals surface area contributed by atoms with Gasteiger partial charge in [0.1, 0.15) is 6.10 Å². The molecular weight excluding hydrogens is 256 g/mol. The summed E-state index contributed by atoms with van der Waals surface area (Å²) in [6.45, 7) is 6.62. The van der Waals surface area contributed by atoms with E-state index in [1.165, 1.54) is 24.0 Å². The molecule has 2 aromatic rings. The fraction of sp³-hybridized carbons (Fsp3) is 0.400. The number of hydrogen-bond donors (Lipinski definition) is 1. The van der Waals surface area contributed by atoms with Gasteiger partial charge in [0.2, 0.25) is 0 Å². The Bertz CT molecular complexity index is 615. The van der Waals surface area contributed by atoms with Crippen LogP contribution in [0.4, 0.5) is 0 Å². The van der Waals surface area contributed by atoms with Crippen molar-refractivity contribution in [3.05, 3.63) is 70.8 Å². The molecule has 1 saturated carbocycles. The third-order valence-corrected chi connectivity index (χ3v) is 4.37. The summed E-state index contributed by atoms with van der Waals surface area (Å²) in [7, 11) is 0. The second kappa shape index (κ2) is 5.31. The zero-order chi connectivity index (χ0) is 15.0. The van der Waals surface area contributed by atoms with E-state index in [1.807, 2.05) is 6.07 Å². The molecular formula is C20H24O. The summed E-state index contributed by atoms with van der Waals surface area (Å²) in [6.07, 6.45) is 2.05. The summed E-state index contributed by atoms with van der Waals surface area (Å²) >= 11 is 0. The second-order valence-corrected chi connectivity index (χ2v) is 7.22. The molecule has 0 saturated heterocycles. The molecule has 0 spiro atoms. The van der Waals surface area contributed by atoms with Gasteiger partial charge >= 0.3 is 0 Å². The predicted octanol–water partition coefficient (Wildman–Crippen LogP) is 4.94. The van der Waals surface area contributed by atoms with Gasteiger partial charge in [-0.05, 0) is 46.4 Å². The number of hydrogen-bond acceptors (Lipinski definition) is 1. The minimum atomic E-state index is -0.530. The Morgan fingerprint density at radius 1 is 0.952 bits per heavy atom. The molecule has 21 heavy (non-hydrogen) atoms. The molecule has 1 aliphatic rings. The molecule has 3 rings (SSSR count). The van der Waals surface area contributed by atoms with Crippen LogP contribution in [0.1, 0.15) is 67.9 Å². The van der Waals surface area contributed by atoms with Crippen LogP contribution in [0.15, 0.2) is 48.5 Å². The normalized spacial score (nSPS) is 16.8. The zero-order valence-electron chi connectivity index (χ0n) is 13.1. The fourth-order valence-corrected chi connectivity index (χ4v) is 2.76. The lowest BCUT2D eigenvalue weighted by Gasteiger charge is -2.20. The lowest BCUT2D eigenvalue weighted by Crippen LogP contribution is -2.11. The van der Waals surface area contributed by atoms with Gasteiger partial charge in [-0.1, -0.05) is 69.3 Å². The monoisotopic (exact) mass is 280 g/mol. The zero-order valence-corrected chi connectivity index (χ0v) is 13.1. The molecule has 1 heteroatoms. The van der Waals surface area contributed by atoms with E-state index in [0.29, 0.717) is 0 Å². The number of aliphatic hydroxyl groups excluding tert-OH is 1. The molecule has 2 aromatic carbocycles. The fourth-order valence-electron chi connectivity index (χ4n) is 2.76. The van der Waals surface area contributed by atoms with Gasteiger partial charge in [-0.3, -0.25) is 0 Å². The lowest BCUT2D eigenvalue weighted by atomic mass is 9.86. The van der Waals surface area contributed by atoms with Crippen LogP contribution < -0.4 is 0 Å². The van der Waals surface area contributed by atoms with E-state index in [4.69, 9.17) is 0 Å². The molecule has 0 bridgehead atoms. The van der Waals surface area contributed by atoms with Gasteiger partial charge < -0.3 is 5.11 Å². The summed E-state index contributed by atoms with van der Waals surface area (Å²) in [5, 5.41) is 10.6. The topological polar surface area (TPSA) is 20.2 Å². The molecule has 110 valence electrons. The Labute approximate surface area is 127 Å². The van der Waals surface area contributed by atoms with E-state index in [2.05, 4.69) is 63.2 Å². The van der Waals surface area contributed by atoms with E-state index in [-0.39, 0.29) is 5.41 Å². The summed E-state index contributed by atoms with van der Waals surface area (Å²) < 4.78 is 0. The van der Waals surface area contributed by atoms with Crippen LogP contribution >= 0.6 is 0 Å². The minimum absolute atomic E-state index is 0.148. The Kier molecular flexibility index (Phi) is 3.62. The van der Waals surface area contributed by atoms with E-state index in [9.17, 15) is 5.11 Å². The molecule has 1 unspecified atom stereocenters. The largest absolute Gasteiger partial charge is 0.384 e. The number of aliphatic hydroxyl groups is 1. The Morgan fingerprint density at radius 3 is 2.19 bits per heavy atom. The predicted molar refractivity (Wildman–Crippen MR) is 87.6 cm³/mol. The highest BCUT2D eigenvalue weighted by molar-refractivity contribution is 5.37. The molecule has 0 aromatic heterocycles. The van der Waals surface area contributed by atoms with Crippen molar-refractivity contribution in [2.45, 2.75) is 51.0 Å². The second-order valence-electron chi connectivity index (χ2n) is 7.22. The highest BCUT2D eigenvalue weighted by Gasteiger charge is 2.24. The first kappa shape index (κ1) is 14.3. The first-order valence-electron chi connectivity index (χ1n) is 7.83. The highest BCUT2D eigenvalue weighted by Crippen LogP contribution is 2.41. The molecule has 1 nitrogen and oxygen atoms in total. The van der Waals surface area contributed by atoms with Crippen molar-refractivity contribution in [3.63, 3.8) is 0 Å². The molecule has 1 aliphatic carbocycles. The first-order valence-corrected chi connectivity index (χ1v) is 7.83. The van der Waals surface area contributed by atoms with Crippen LogP contribution in [0.5, 0.6) is 0 Å². The standard InChI is InChI=1S/C20H24O/c1-20(2,3)18-11-9-15(10-12-18)19(21)17-6-4-5-16(13-17)14-7-8-14/h4-6,9-14,19,21H,7-8H2,1-3H3. The van der Waals surface area contributed by atoms with Crippen molar-refractivity contribution in [3.8, 4) is 0 Å². The average molecular weight is 280 g/mol. The van der Waals surface area contributed by atoms with Crippen molar-refractivity contribution in [2.24, 2.45) is 0 Å². The molecule has 0 heterocycles. The van der Waals surface area contributed by atoms with Crippen molar-refractivity contribution < 1.29 is 5.11 Å². The molecule has 1 atom stereocenters. The summed E-state index contributed by atoms with van der Waals surface area (Å²) in [5.41, 5.74) is 4.79. The maximum Gasteiger partial charge on any atom is 0.104 e. The van der Waals surface area contributed by atoms with Crippen molar-refractivity contribution in [2.75, 3.05) is 0 Å². The van der Waals surface area contributed by atoms with E-state index in [1.54, 1.807) is 0 Å². The summed E-state index contributed by atoms with van der Waals surface area (Å²) in [4.78, 5) is 0. The van der Waals surface area contributed by atoms with Crippen molar-refractivity contribution in [1.82, 2.24) is 0 Å². The molecule has 1 N–H and O–H groups in total. The van der Waals surface area contributed by atoms with Crippen molar-refractivity contribution >= 4 is 0 Å². The van der Waals surface area contributed by atoms with Gasteiger partial charge in [-0.2, -0.15) is 0 Å². The van der Waals surface area contributed by atoms with Crippen LogP contribution in [-0.2, 0) is 5.41 Å². The SMILES string of the molecule is CC(C)(C)c1ccc(C(O)c2cccc(C3CC3)c2)cc1. The van der Waals surface area contributed by atoms with Crippen LogP contribution in [-0.4, -0.2) is 5.11 Å². The minimum Gasteiger partial charge on any atom is -0.384 e. The average Bonchev–Trinajstić information content (AvgIpc) is 3.30. The van der Waals surface area contributed by atoms with E-state index >= 15 is 0 Å². The number of benzene rings is 2. The van der Waals surface area contributed by atoms with Crippen LogP contribution in [0.3, 0.4) is 0 Å². The maximum atomic E-state index is 10.6. The van der Waals surface area contributed by atoms with Gasteiger partial charge in [-0.15, -0.1) is 0 Å². The van der Waals surface area contributed by atoms with Gasteiger partial charge in [-0.25, -0.2) is 0 Å². The quantitative estimate of drug-likeness (QED) is 0.844. The lowest BCUT2D eigenvalue weighted by molar-refractivity contribution is 0.220. The van der Waals surface area contributed by atoms with Crippen LogP contribution in [0, 0.1) is 0 Å².